The highest BCUT2D eigenvalue weighted by molar-refractivity contribution is 7.98. The van der Waals surface area contributed by atoms with Crippen molar-refractivity contribution in [3.63, 3.8) is 0 Å². The fraction of sp³-hybridized carbons (Fsp3) is 0.560. The number of aromatic hydroxyl groups is 1. The zero-order valence-electron chi connectivity index (χ0n) is 21.9. The van der Waals surface area contributed by atoms with Crippen LogP contribution in [0.4, 0.5) is 0 Å². The van der Waals surface area contributed by atoms with Gasteiger partial charge in [0.2, 0.25) is 23.6 Å². The number of thioether (sulfide) groups is 1. The molecule has 0 spiro atoms. The molecule has 0 aliphatic rings. The fourth-order valence-electron chi connectivity index (χ4n) is 3.56. The maximum Gasteiger partial charge on any atom is 0.326 e. The molecule has 212 valence electrons. The Hall–Kier alpha value is -3.32. The second-order valence-electron chi connectivity index (χ2n) is 9.41. The first-order valence-electron chi connectivity index (χ1n) is 12.3. The number of carboxylic acid groups (broad SMARTS) is 1. The summed E-state index contributed by atoms with van der Waals surface area (Å²) in [4.78, 5) is 61.7. The molecule has 9 N–H and O–H groups in total. The van der Waals surface area contributed by atoms with Gasteiger partial charge in [0.1, 0.15) is 23.9 Å². The number of phenols is 1. The molecule has 1 rings (SSSR count). The van der Waals surface area contributed by atoms with Gasteiger partial charge in [0, 0.05) is 12.8 Å². The van der Waals surface area contributed by atoms with Crippen LogP contribution in [0.15, 0.2) is 24.3 Å². The molecule has 4 unspecified atom stereocenters. The molecule has 0 saturated heterocycles. The molecule has 1 aromatic carbocycles. The van der Waals surface area contributed by atoms with Crippen LogP contribution in [0.5, 0.6) is 5.75 Å². The maximum atomic E-state index is 13.2. The number of benzene rings is 1. The van der Waals surface area contributed by atoms with Gasteiger partial charge in [-0.2, -0.15) is 11.8 Å². The van der Waals surface area contributed by atoms with E-state index in [-0.39, 0.29) is 37.4 Å². The molecule has 4 amide bonds. The lowest BCUT2D eigenvalue weighted by Crippen LogP contribution is -2.57. The molecule has 4 atom stereocenters. The van der Waals surface area contributed by atoms with Gasteiger partial charge in [-0.25, -0.2) is 4.79 Å². The number of hydrogen-bond donors (Lipinski definition) is 7. The molecular formula is C25H39N5O7S. The number of aliphatic carboxylic acids is 1. The average Bonchev–Trinajstić information content (AvgIpc) is 2.83. The van der Waals surface area contributed by atoms with Crippen LogP contribution in [0.25, 0.3) is 0 Å². The number of carboxylic acids is 1. The zero-order valence-corrected chi connectivity index (χ0v) is 22.8. The van der Waals surface area contributed by atoms with Gasteiger partial charge >= 0.3 is 5.97 Å². The quantitative estimate of drug-likeness (QED) is 0.137. The number of amides is 4. The molecule has 12 nitrogen and oxygen atoms in total. The van der Waals surface area contributed by atoms with Crippen LogP contribution >= 0.6 is 11.8 Å². The monoisotopic (exact) mass is 553 g/mol. The Labute approximate surface area is 226 Å². The molecule has 13 heteroatoms. The van der Waals surface area contributed by atoms with Crippen LogP contribution in [0.2, 0.25) is 0 Å². The van der Waals surface area contributed by atoms with Crippen LogP contribution in [-0.2, 0) is 30.4 Å². The van der Waals surface area contributed by atoms with E-state index in [1.165, 1.54) is 23.9 Å². The summed E-state index contributed by atoms with van der Waals surface area (Å²) in [6, 6.07) is 1.53. The van der Waals surface area contributed by atoms with E-state index in [0.717, 1.165) is 0 Å². The molecule has 0 fully saturated rings. The molecule has 0 bridgehead atoms. The van der Waals surface area contributed by atoms with Crippen molar-refractivity contribution in [1.29, 1.82) is 0 Å². The van der Waals surface area contributed by atoms with Gasteiger partial charge < -0.3 is 37.6 Å². The van der Waals surface area contributed by atoms with Gasteiger partial charge in [-0.3, -0.25) is 19.2 Å². The van der Waals surface area contributed by atoms with Crippen LogP contribution in [0.3, 0.4) is 0 Å². The first kappa shape index (κ1) is 32.7. The van der Waals surface area contributed by atoms with E-state index in [2.05, 4.69) is 16.0 Å². The lowest BCUT2D eigenvalue weighted by Gasteiger charge is -2.25. The van der Waals surface area contributed by atoms with Crippen LogP contribution in [0, 0.1) is 5.92 Å². The molecular weight excluding hydrogens is 514 g/mol. The average molecular weight is 554 g/mol. The topological polar surface area (TPSA) is 214 Å². The van der Waals surface area contributed by atoms with E-state index in [1.54, 1.807) is 12.1 Å². The molecule has 0 aromatic heterocycles. The van der Waals surface area contributed by atoms with E-state index in [0.29, 0.717) is 17.7 Å². The fourth-order valence-corrected chi connectivity index (χ4v) is 4.04. The van der Waals surface area contributed by atoms with Crippen LogP contribution < -0.4 is 27.4 Å². The lowest BCUT2D eigenvalue weighted by molar-refractivity contribution is -0.142. The molecule has 0 heterocycles. The minimum Gasteiger partial charge on any atom is -0.508 e. The zero-order chi connectivity index (χ0) is 28.8. The number of primary amides is 1. The van der Waals surface area contributed by atoms with Crippen molar-refractivity contribution in [2.45, 2.75) is 70.1 Å². The number of phenolic OH excluding ortho intramolecular Hbond substituents is 1. The molecule has 38 heavy (non-hydrogen) atoms. The predicted molar refractivity (Wildman–Crippen MR) is 144 cm³/mol. The summed E-state index contributed by atoms with van der Waals surface area (Å²) < 4.78 is 0. The van der Waals surface area contributed by atoms with E-state index < -0.39 is 53.8 Å². The van der Waals surface area contributed by atoms with Crippen molar-refractivity contribution in [3.8, 4) is 5.75 Å². The summed E-state index contributed by atoms with van der Waals surface area (Å²) in [6.07, 6.45) is 2.03. The predicted octanol–water partition coefficient (Wildman–Crippen LogP) is -0.134. The number of hydrogen-bond acceptors (Lipinski definition) is 8. The number of rotatable bonds is 17. The van der Waals surface area contributed by atoms with E-state index in [4.69, 9.17) is 11.5 Å². The SMILES string of the molecule is CSCCC(NC(=O)C(N)CC(C)C)C(=O)NC(Cc1ccc(O)cc1)C(=O)NC(CCC(N)=O)C(=O)O. The van der Waals surface area contributed by atoms with Crippen molar-refractivity contribution in [2.75, 3.05) is 12.0 Å². The van der Waals surface area contributed by atoms with Gasteiger partial charge in [-0.05, 0) is 54.9 Å². The third-order valence-corrected chi connectivity index (χ3v) is 6.25. The first-order chi connectivity index (χ1) is 17.8. The minimum atomic E-state index is -1.41. The van der Waals surface area contributed by atoms with Gasteiger partial charge in [-0.15, -0.1) is 0 Å². The van der Waals surface area contributed by atoms with E-state index >= 15 is 0 Å². The molecule has 0 radical (unpaired) electrons. The second kappa shape index (κ2) is 16.5. The van der Waals surface area contributed by atoms with Crippen molar-refractivity contribution < 1.29 is 34.2 Å². The number of carbonyl (C=O) groups is 5. The highest BCUT2D eigenvalue weighted by Crippen LogP contribution is 2.13. The van der Waals surface area contributed by atoms with E-state index in [1.807, 2.05) is 20.1 Å². The summed E-state index contributed by atoms with van der Waals surface area (Å²) in [5.41, 5.74) is 11.7. The highest BCUT2D eigenvalue weighted by atomic mass is 32.2. The number of carbonyl (C=O) groups excluding carboxylic acids is 4. The summed E-state index contributed by atoms with van der Waals surface area (Å²) in [5.74, 6) is -3.28. The van der Waals surface area contributed by atoms with Crippen molar-refractivity contribution in [3.05, 3.63) is 29.8 Å². The van der Waals surface area contributed by atoms with Crippen LogP contribution in [0.1, 0.15) is 45.1 Å². The Bertz CT molecular complexity index is 958. The van der Waals surface area contributed by atoms with Gasteiger partial charge in [0.05, 0.1) is 6.04 Å². The van der Waals surface area contributed by atoms with Crippen molar-refractivity contribution in [2.24, 2.45) is 17.4 Å². The Morgan fingerprint density at radius 1 is 0.895 bits per heavy atom. The Morgan fingerprint density at radius 3 is 1.97 bits per heavy atom. The third kappa shape index (κ3) is 12.3. The summed E-state index contributed by atoms with van der Waals surface area (Å²) in [5, 5.41) is 26.7. The smallest absolute Gasteiger partial charge is 0.326 e. The van der Waals surface area contributed by atoms with Gasteiger partial charge in [0.25, 0.3) is 0 Å². The molecule has 0 saturated carbocycles. The first-order valence-corrected chi connectivity index (χ1v) is 13.7. The van der Waals surface area contributed by atoms with E-state index in [9.17, 15) is 34.2 Å². The summed E-state index contributed by atoms with van der Waals surface area (Å²) >= 11 is 1.47. The largest absolute Gasteiger partial charge is 0.508 e. The Kier molecular flexibility index (Phi) is 14.2. The van der Waals surface area contributed by atoms with Crippen LogP contribution in [-0.4, -0.2) is 76.0 Å². The number of nitrogens with two attached hydrogens (primary N) is 2. The third-order valence-electron chi connectivity index (χ3n) is 5.61. The lowest BCUT2D eigenvalue weighted by atomic mass is 10.0. The summed E-state index contributed by atoms with van der Waals surface area (Å²) in [6.45, 7) is 3.84. The van der Waals surface area contributed by atoms with Crippen molar-refractivity contribution in [1.82, 2.24) is 16.0 Å². The normalized spacial score (nSPS) is 14.1. The second-order valence-corrected chi connectivity index (χ2v) is 10.4. The summed E-state index contributed by atoms with van der Waals surface area (Å²) in [7, 11) is 0. The Balaban J connectivity index is 3.14. The standard InChI is InChI=1S/C25H39N5O7S/c1-14(2)12-17(26)22(33)28-18(10-11-38-3)23(34)30-20(13-15-4-6-16(31)7-5-15)24(35)29-19(25(36)37)8-9-21(27)32/h4-7,14,17-20,31H,8-13,26H2,1-3H3,(H2,27,32)(H,28,33)(H,29,35)(H,30,34)(H,36,37). The maximum absolute atomic E-state index is 13.2. The highest BCUT2D eigenvalue weighted by Gasteiger charge is 2.30. The van der Waals surface area contributed by atoms with Gasteiger partial charge in [-0.1, -0.05) is 26.0 Å². The van der Waals surface area contributed by atoms with Gasteiger partial charge in [0.15, 0.2) is 0 Å². The molecule has 0 aliphatic carbocycles. The van der Waals surface area contributed by atoms with Crippen molar-refractivity contribution >= 4 is 41.4 Å². The number of nitrogens with one attached hydrogen (secondary N) is 3. The minimum absolute atomic E-state index is 0.00811. The molecule has 0 aliphatic heterocycles. The molecule has 1 aromatic rings. The Morgan fingerprint density at radius 2 is 1.45 bits per heavy atom.